The van der Waals surface area contributed by atoms with Crippen molar-refractivity contribution in [1.82, 2.24) is 0 Å². The summed E-state index contributed by atoms with van der Waals surface area (Å²) in [5.74, 6) is -2.50. The number of hydrogen-bond acceptors (Lipinski definition) is 5. The Balaban J connectivity index is 0.00000400. The van der Waals surface area contributed by atoms with Crippen LogP contribution in [0.1, 0.15) is 13.3 Å². The van der Waals surface area contributed by atoms with Gasteiger partial charge in [-0.25, -0.2) is 4.79 Å². The Morgan fingerprint density at radius 1 is 1.43 bits per heavy atom. The Labute approximate surface area is 174 Å². The van der Waals surface area contributed by atoms with Crippen LogP contribution in [-0.2, 0) is 14.1 Å². The molecule has 0 amide bonds. The number of hydrogen-bond donors (Lipinski definition) is 1. The molecule has 0 heterocycles. The smallest absolute Gasteiger partial charge is 0.776 e. The van der Waals surface area contributed by atoms with E-state index in [4.69, 9.17) is 32.8 Å². The van der Waals surface area contributed by atoms with Gasteiger partial charge in [-0.1, -0.05) is 30.1 Å². The van der Waals surface area contributed by atoms with Crippen LogP contribution in [0, 0.1) is 0 Å². The van der Waals surface area contributed by atoms with Gasteiger partial charge in [-0.15, -0.1) is 0 Å². The van der Waals surface area contributed by atoms with E-state index in [2.05, 4.69) is 4.74 Å². The first-order valence-electron chi connectivity index (χ1n) is 5.54. The zero-order valence-electron chi connectivity index (χ0n) is 11.4. The number of ether oxygens (including phenoxy) is 2. The van der Waals surface area contributed by atoms with E-state index in [0.717, 1.165) is 0 Å². The van der Waals surface area contributed by atoms with Gasteiger partial charge in [0.25, 0.3) is 5.56 Å². The third kappa shape index (κ3) is 7.79. The maximum atomic E-state index is 11.6. The SMILES string of the molecule is CCC(OC(=O)C(Cl)Oc1ccc(Cl)cc1)P(=O)([O-])O.[K+]. The van der Waals surface area contributed by atoms with Gasteiger partial charge in [-0.3, -0.25) is 0 Å². The van der Waals surface area contributed by atoms with Crippen LogP contribution < -0.4 is 61.0 Å². The van der Waals surface area contributed by atoms with E-state index < -0.39 is 25.0 Å². The number of halogens is 2. The molecule has 10 heteroatoms. The predicted molar refractivity (Wildman–Crippen MR) is 71.7 cm³/mol. The van der Waals surface area contributed by atoms with Gasteiger partial charge < -0.3 is 23.8 Å². The zero-order chi connectivity index (χ0) is 15.3. The van der Waals surface area contributed by atoms with E-state index in [1.54, 1.807) is 0 Å². The van der Waals surface area contributed by atoms with Crippen molar-refractivity contribution in [2.45, 2.75) is 24.8 Å². The monoisotopic (exact) mass is 380 g/mol. The molecule has 1 aromatic carbocycles. The Hall–Kier alpha value is 0.856. The average Bonchev–Trinajstić information content (AvgIpc) is 2.36. The van der Waals surface area contributed by atoms with Gasteiger partial charge in [0.1, 0.15) is 5.75 Å². The molecule has 0 spiro atoms. The van der Waals surface area contributed by atoms with Crippen molar-refractivity contribution < 1.29 is 80.0 Å². The van der Waals surface area contributed by atoms with Crippen LogP contribution in [0.5, 0.6) is 5.75 Å². The van der Waals surface area contributed by atoms with E-state index in [1.807, 2.05) is 0 Å². The Kier molecular flexibility index (Phi) is 10.3. The third-order valence-corrected chi connectivity index (χ3v) is 3.92. The summed E-state index contributed by atoms with van der Waals surface area (Å²) in [5, 5.41) is 0.477. The predicted octanol–water partition coefficient (Wildman–Crippen LogP) is -0.887. The second-order valence-electron chi connectivity index (χ2n) is 3.75. The summed E-state index contributed by atoms with van der Waals surface area (Å²) in [6, 6.07) is 6.01. The van der Waals surface area contributed by atoms with Crippen LogP contribution in [0.4, 0.5) is 0 Å². The molecular weight excluding hydrogens is 369 g/mol. The maximum absolute atomic E-state index is 11.6. The van der Waals surface area contributed by atoms with Crippen molar-refractivity contribution in [2.75, 3.05) is 0 Å². The molecule has 6 nitrogen and oxygen atoms in total. The summed E-state index contributed by atoms with van der Waals surface area (Å²) >= 11 is 11.3. The van der Waals surface area contributed by atoms with Gasteiger partial charge >= 0.3 is 57.4 Å². The normalized spacial score (nSPS) is 16.0. The van der Waals surface area contributed by atoms with Crippen LogP contribution in [0.15, 0.2) is 24.3 Å². The second kappa shape index (κ2) is 9.88. The standard InChI is InChI=1S/C11H13Cl2O6P.K/c1-2-9(20(15,16)17)19-11(14)10(13)18-8-5-3-7(12)4-6-8;/h3-6,9-10H,2H2,1H3,(H2,15,16,17);/q;+1/p-1. The van der Waals surface area contributed by atoms with Crippen molar-refractivity contribution in [1.29, 1.82) is 0 Å². The number of rotatable bonds is 6. The molecule has 0 bridgehead atoms. The molecule has 0 fully saturated rings. The molecule has 1 aromatic rings. The van der Waals surface area contributed by atoms with Crippen LogP contribution in [0.25, 0.3) is 0 Å². The average molecular weight is 381 g/mol. The molecule has 0 aromatic heterocycles. The molecule has 21 heavy (non-hydrogen) atoms. The first-order valence-corrected chi connectivity index (χ1v) is 8.00. The number of benzene rings is 1. The largest absolute Gasteiger partial charge is 1.00 e. The topological polar surface area (TPSA) is 95.9 Å². The van der Waals surface area contributed by atoms with Gasteiger partial charge in [-0.05, 0) is 30.7 Å². The summed E-state index contributed by atoms with van der Waals surface area (Å²) in [6.45, 7) is 1.43. The van der Waals surface area contributed by atoms with Crippen molar-refractivity contribution in [3.8, 4) is 5.75 Å². The molecule has 0 aliphatic carbocycles. The Morgan fingerprint density at radius 3 is 2.38 bits per heavy atom. The minimum atomic E-state index is -4.78. The van der Waals surface area contributed by atoms with Gasteiger partial charge in [-0.2, -0.15) is 0 Å². The molecule has 0 saturated carbocycles. The number of carbonyl (C=O) groups excluding carboxylic acids is 1. The molecule has 3 atom stereocenters. The molecule has 112 valence electrons. The quantitative estimate of drug-likeness (QED) is 0.297. The number of alkyl halides is 1. The first kappa shape index (κ1) is 21.9. The molecule has 0 aliphatic rings. The maximum Gasteiger partial charge on any atom is 1.00 e. The van der Waals surface area contributed by atoms with Crippen molar-refractivity contribution >= 4 is 36.8 Å². The summed E-state index contributed by atoms with van der Waals surface area (Å²) in [5.41, 5.74) is -1.54. The van der Waals surface area contributed by atoms with Crippen LogP contribution in [0.2, 0.25) is 5.02 Å². The molecule has 1 N–H and O–H groups in total. The van der Waals surface area contributed by atoms with Gasteiger partial charge in [0.2, 0.25) is 0 Å². The van der Waals surface area contributed by atoms with Crippen LogP contribution in [-0.4, -0.2) is 22.3 Å². The molecule has 0 aliphatic heterocycles. The number of carbonyl (C=O) groups is 1. The zero-order valence-corrected chi connectivity index (χ0v) is 16.9. The van der Waals surface area contributed by atoms with Gasteiger partial charge in [0.05, 0.1) is 0 Å². The van der Waals surface area contributed by atoms with Gasteiger partial charge in [0, 0.05) is 5.02 Å². The Morgan fingerprint density at radius 2 is 1.95 bits per heavy atom. The van der Waals surface area contributed by atoms with E-state index in [9.17, 15) is 14.3 Å². The molecule has 1 rings (SSSR count). The van der Waals surface area contributed by atoms with Crippen molar-refractivity contribution in [3.05, 3.63) is 29.3 Å². The Bertz CT molecular complexity index is 506. The fraction of sp³-hybridized carbons (Fsp3) is 0.364. The molecule has 0 saturated heterocycles. The fourth-order valence-corrected chi connectivity index (χ4v) is 2.23. The first-order chi connectivity index (χ1) is 9.24. The molecule has 0 radical (unpaired) electrons. The fourth-order valence-electron chi connectivity index (χ4n) is 1.25. The van der Waals surface area contributed by atoms with Crippen molar-refractivity contribution in [3.63, 3.8) is 0 Å². The summed E-state index contributed by atoms with van der Waals surface area (Å²) < 4.78 is 20.5. The van der Waals surface area contributed by atoms with E-state index in [-0.39, 0.29) is 63.6 Å². The minimum Gasteiger partial charge on any atom is -0.776 e. The summed E-state index contributed by atoms with van der Waals surface area (Å²) in [6.07, 6.45) is -0.104. The van der Waals surface area contributed by atoms with Crippen LogP contribution >= 0.6 is 30.8 Å². The summed E-state index contributed by atoms with van der Waals surface area (Å²) in [4.78, 5) is 31.3. The van der Waals surface area contributed by atoms with E-state index >= 15 is 0 Å². The second-order valence-corrected chi connectivity index (χ2v) is 6.29. The summed E-state index contributed by atoms with van der Waals surface area (Å²) in [7, 11) is -4.78. The van der Waals surface area contributed by atoms with Gasteiger partial charge in [0.15, 0.2) is 13.4 Å². The van der Waals surface area contributed by atoms with Crippen LogP contribution in [0.3, 0.4) is 0 Å². The van der Waals surface area contributed by atoms with E-state index in [1.165, 1.54) is 31.2 Å². The molecule has 3 unspecified atom stereocenters. The minimum absolute atomic E-state index is 0. The molecular formula is C11H12Cl2KO6P. The van der Waals surface area contributed by atoms with Crippen molar-refractivity contribution in [2.24, 2.45) is 0 Å². The number of esters is 1. The third-order valence-electron chi connectivity index (χ3n) is 2.20. The van der Waals surface area contributed by atoms with E-state index in [0.29, 0.717) is 5.02 Å².